The molecule has 0 aliphatic heterocycles. The van der Waals surface area contributed by atoms with Gasteiger partial charge in [0, 0.05) is 16.7 Å². The van der Waals surface area contributed by atoms with Crippen LogP contribution in [0.15, 0.2) is 57.9 Å². The second kappa shape index (κ2) is 35.9. The van der Waals surface area contributed by atoms with Crippen molar-refractivity contribution in [2.45, 2.75) is 217 Å². The Morgan fingerprint density at radius 2 is 0.683 bits per heavy atom. The van der Waals surface area contributed by atoms with Gasteiger partial charge in [-0.3, -0.25) is 0 Å². The molecule has 0 spiro atoms. The fraction of sp³-hybridized carbons (Fsp3) is 0.611. The molecule has 356 valence electrons. The molecule has 0 saturated heterocycles. The second-order valence-corrected chi connectivity index (χ2v) is 17.1. The number of aromatic hydroxyl groups is 3. The molecule has 3 rings (SSSR count). The van der Waals surface area contributed by atoms with Gasteiger partial charge in [-0.1, -0.05) is 177 Å². The Bertz CT molecular complexity index is 1680. The largest absolute Gasteiger partial charge is 0.507 e. The Morgan fingerprint density at radius 3 is 1.02 bits per heavy atom. The van der Waals surface area contributed by atoms with Gasteiger partial charge in [0.1, 0.15) is 17.2 Å². The maximum atomic E-state index is 10.0. The molecule has 0 aliphatic rings. The zero-order valence-electron chi connectivity index (χ0n) is 40.0. The van der Waals surface area contributed by atoms with E-state index in [2.05, 4.69) is 36.2 Å². The molecule has 0 aromatic heterocycles. The summed E-state index contributed by atoms with van der Waals surface area (Å²) in [5.41, 5.74) is 8.53. The first-order chi connectivity index (χ1) is 29.9. The smallest absolute Gasteiger partial charge is 0.127 e. The van der Waals surface area contributed by atoms with Gasteiger partial charge in [-0.2, -0.15) is 0 Å². The molecule has 0 heterocycles. The van der Waals surface area contributed by atoms with Gasteiger partial charge in [-0.25, -0.2) is 0 Å². The van der Waals surface area contributed by atoms with Crippen LogP contribution >= 0.6 is 0 Å². The maximum Gasteiger partial charge on any atom is 0.127 e. The lowest BCUT2D eigenvalue weighted by atomic mass is 9.98. The summed E-state index contributed by atoms with van der Waals surface area (Å²) in [7, 11) is 0. The highest BCUT2D eigenvalue weighted by Gasteiger charge is 2.12. The molecule has 0 bridgehead atoms. The summed E-state index contributed by atoms with van der Waals surface area (Å²) in [6, 6.07) is 13.5. The molecule has 3 aromatic carbocycles. The first kappa shape index (κ1) is 58.5. The fourth-order valence-electron chi connectivity index (χ4n) is 7.60. The van der Waals surface area contributed by atoms with E-state index in [9.17, 15) is 15.3 Å². The number of benzene rings is 3. The quantitative estimate of drug-likeness (QED) is 0.0194. The third-order valence-electron chi connectivity index (χ3n) is 11.6. The molecule has 0 amide bonds. The molecule has 0 unspecified atom stereocenters. The predicted octanol–water partition coefficient (Wildman–Crippen LogP) is 15.9. The first-order valence-electron chi connectivity index (χ1n) is 23.9. The van der Waals surface area contributed by atoms with E-state index >= 15 is 0 Å². The zero-order valence-corrected chi connectivity index (χ0v) is 40.0. The highest BCUT2D eigenvalue weighted by atomic mass is 16.4. The van der Waals surface area contributed by atoms with Crippen molar-refractivity contribution >= 4 is 17.1 Å². The molecular formula is C54H89N3O6. The van der Waals surface area contributed by atoms with E-state index in [4.69, 9.17) is 15.6 Å². The van der Waals surface area contributed by atoms with Gasteiger partial charge in [0.25, 0.3) is 0 Å². The SMILES string of the molecule is C.CCCCCCCCCc1cc(C)c(O)c(/C(C)=N\O)c1.CCCCCCCCCc1cc(C)c(O)c(/C(C)=N\O)c1.CCCCCCCCCc1ccc(O)c(/C(C)=N\O)c1. The van der Waals surface area contributed by atoms with Gasteiger partial charge < -0.3 is 30.9 Å². The van der Waals surface area contributed by atoms with Gasteiger partial charge in [0.05, 0.1) is 17.1 Å². The van der Waals surface area contributed by atoms with Crippen molar-refractivity contribution in [1.82, 2.24) is 0 Å². The van der Waals surface area contributed by atoms with E-state index in [1.807, 2.05) is 50.2 Å². The fourth-order valence-corrected chi connectivity index (χ4v) is 7.60. The zero-order chi connectivity index (χ0) is 46.1. The Hall–Kier alpha value is -4.53. The van der Waals surface area contributed by atoms with Crippen LogP contribution in [0.1, 0.15) is 228 Å². The Morgan fingerprint density at radius 1 is 0.397 bits per heavy atom. The lowest BCUT2D eigenvalue weighted by Crippen LogP contribution is -1.99. The lowest BCUT2D eigenvalue weighted by Gasteiger charge is -2.10. The molecule has 0 radical (unpaired) electrons. The van der Waals surface area contributed by atoms with E-state index in [1.165, 1.54) is 152 Å². The molecule has 0 aliphatic carbocycles. The second-order valence-electron chi connectivity index (χ2n) is 17.1. The predicted molar refractivity (Wildman–Crippen MR) is 268 cm³/mol. The summed E-state index contributed by atoms with van der Waals surface area (Å²) in [6.45, 7) is 15.6. The minimum absolute atomic E-state index is 0. The number of phenols is 3. The van der Waals surface area contributed by atoms with Crippen LogP contribution in [-0.2, 0) is 19.3 Å². The number of rotatable bonds is 27. The van der Waals surface area contributed by atoms with Crippen molar-refractivity contribution in [2.24, 2.45) is 15.5 Å². The first-order valence-corrected chi connectivity index (χ1v) is 23.9. The van der Waals surface area contributed by atoms with Gasteiger partial charge in [0.2, 0.25) is 0 Å². The Labute approximate surface area is 383 Å². The molecular weight excluding hydrogens is 787 g/mol. The van der Waals surface area contributed by atoms with Crippen molar-refractivity contribution in [2.75, 3.05) is 0 Å². The molecule has 6 N–H and O–H groups in total. The summed E-state index contributed by atoms with van der Waals surface area (Å²) in [4.78, 5) is 0. The number of unbranched alkanes of at least 4 members (excludes halogenated alkanes) is 18. The molecule has 9 heteroatoms. The van der Waals surface area contributed by atoms with Gasteiger partial charge in [-0.15, -0.1) is 0 Å². The number of nitrogens with zero attached hydrogens (tertiary/aromatic N) is 3. The molecule has 0 saturated carbocycles. The van der Waals surface area contributed by atoms with Crippen molar-refractivity contribution in [3.63, 3.8) is 0 Å². The third kappa shape index (κ3) is 24.2. The van der Waals surface area contributed by atoms with Gasteiger partial charge in [-0.05, 0) is 125 Å². The van der Waals surface area contributed by atoms with Crippen LogP contribution in [0.4, 0.5) is 0 Å². The van der Waals surface area contributed by atoms with Crippen LogP contribution in [-0.4, -0.2) is 48.1 Å². The van der Waals surface area contributed by atoms with Crippen LogP contribution < -0.4 is 0 Å². The Kier molecular flexibility index (Phi) is 33.3. The van der Waals surface area contributed by atoms with E-state index in [0.29, 0.717) is 33.8 Å². The summed E-state index contributed by atoms with van der Waals surface area (Å²) < 4.78 is 0. The average Bonchev–Trinajstić information content (AvgIpc) is 3.27. The van der Waals surface area contributed by atoms with Crippen LogP contribution in [0.3, 0.4) is 0 Å². The standard InChI is InChI=1S/2C18H29NO2.C17H27NO2.CH4/c2*1-4-5-6-7-8-9-10-11-16-12-14(2)18(20)17(13-16)15(3)19-21;1-3-4-5-6-7-8-9-10-15-11-12-17(19)16(13-15)14(2)18-20;/h2*12-13,20-21H,4-11H2,1-3H3;11-13,19-20H,3-10H2,1-2H3;1H4/b2*19-15-;18-14-;. The Balaban J connectivity index is 0.000000908. The minimum Gasteiger partial charge on any atom is -0.507 e. The van der Waals surface area contributed by atoms with Gasteiger partial charge in [0.15, 0.2) is 0 Å². The summed E-state index contributed by atoms with van der Waals surface area (Å²) >= 11 is 0. The average molecular weight is 876 g/mol. The van der Waals surface area contributed by atoms with Crippen LogP contribution in [0.2, 0.25) is 0 Å². The minimum atomic E-state index is 0. The van der Waals surface area contributed by atoms with Crippen LogP contribution in [0, 0.1) is 13.8 Å². The molecule has 0 atom stereocenters. The normalized spacial score (nSPS) is 11.7. The van der Waals surface area contributed by atoms with Crippen molar-refractivity contribution in [3.8, 4) is 17.2 Å². The van der Waals surface area contributed by atoms with Crippen LogP contribution in [0.25, 0.3) is 0 Å². The molecule has 3 aromatic rings. The summed E-state index contributed by atoms with van der Waals surface area (Å²) in [5, 5.41) is 65.9. The van der Waals surface area contributed by atoms with Crippen molar-refractivity contribution in [1.29, 1.82) is 0 Å². The number of aryl methyl sites for hydroxylation is 5. The highest BCUT2D eigenvalue weighted by molar-refractivity contribution is 6.02. The lowest BCUT2D eigenvalue weighted by molar-refractivity contribution is 0.318. The van der Waals surface area contributed by atoms with Crippen molar-refractivity contribution < 1.29 is 30.9 Å². The number of hydrogen-bond donors (Lipinski definition) is 6. The maximum absolute atomic E-state index is 10.0. The van der Waals surface area contributed by atoms with E-state index in [1.54, 1.807) is 26.8 Å². The molecule has 63 heavy (non-hydrogen) atoms. The number of oxime groups is 3. The van der Waals surface area contributed by atoms with Crippen LogP contribution in [0.5, 0.6) is 17.2 Å². The molecule has 0 fully saturated rings. The topological polar surface area (TPSA) is 158 Å². The van der Waals surface area contributed by atoms with E-state index in [-0.39, 0.29) is 24.7 Å². The van der Waals surface area contributed by atoms with Crippen molar-refractivity contribution in [3.05, 3.63) is 87.0 Å². The highest BCUT2D eigenvalue weighted by Crippen LogP contribution is 2.27. The number of phenolic OH excluding ortho intramolecular Hbond substituents is 3. The molecule has 9 nitrogen and oxygen atoms in total. The summed E-state index contributed by atoms with van der Waals surface area (Å²) in [5.74, 6) is 0.603. The monoisotopic (exact) mass is 876 g/mol. The van der Waals surface area contributed by atoms with Gasteiger partial charge >= 0.3 is 0 Å². The third-order valence-corrected chi connectivity index (χ3v) is 11.6. The number of hydrogen-bond acceptors (Lipinski definition) is 9. The van der Waals surface area contributed by atoms with E-state index in [0.717, 1.165) is 30.4 Å². The summed E-state index contributed by atoms with van der Waals surface area (Å²) in [6.07, 6.45) is 30.2. The van der Waals surface area contributed by atoms with E-state index < -0.39 is 0 Å².